The number of carbonyl (C=O) groups excluding carboxylic acids is 2. The number of methoxy groups -OCH3 is 1. The zero-order valence-corrected chi connectivity index (χ0v) is 18.3. The van der Waals surface area contributed by atoms with Crippen molar-refractivity contribution in [1.29, 1.82) is 0 Å². The van der Waals surface area contributed by atoms with Crippen LogP contribution in [0.2, 0.25) is 5.02 Å². The monoisotopic (exact) mass is 447 g/mol. The van der Waals surface area contributed by atoms with E-state index in [1.165, 1.54) is 4.90 Å². The summed E-state index contributed by atoms with van der Waals surface area (Å²) >= 11 is 5.96. The van der Waals surface area contributed by atoms with Crippen LogP contribution in [-0.4, -0.2) is 35.4 Å². The molecule has 0 spiro atoms. The predicted octanol–water partition coefficient (Wildman–Crippen LogP) is 5.01. The number of hydrogen-bond acceptors (Lipinski definition) is 4. The number of rotatable bonds is 6. The quantitative estimate of drug-likeness (QED) is 0.327. The molecule has 5 nitrogen and oxygen atoms in total. The SMILES string of the molecule is COc1ccc(C2C(=C(O)c3ccc(Cl)cc3)C(=O)C(=O)N2CCc2ccccc2)cc1. The van der Waals surface area contributed by atoms with Gasteiger partial charge in [0.25, 0.3) is 11.7 Å². The number of halogens is 1. The van der Waals surface area contributed by atoms with Gasteiger partial charge < -0.3 is 14.7 Å². The number of hydrogen-bond donors (Lipinski definition) is 1. The fourth-order valence-electron chi connectivity index (χ4n) is 3.90. The van der Waals surface area contributed by atoms with Crippen molar-refractivity contribution < 1.29 is 19.4 Å². The van der Waals surface area contributed by atoms with Crippen molar-refractivity contribution in [2.75, 3.05) is 13.7 Å². The molecule has 162 valence electrons. The van der Waals surface area contributed by atoms with E-state index in [-0.39, 0.29) is 11.3 Å². The molecule has 0 aliphatic carbocycles. The largest absolute Gasteiger partial charge is 0.507 e. The molecule has 0 bridgehead atoms. The highest BCUT2D eigenvalue weighted by Crippen LogP contribution is 2.40. The summed E-state index contributed by atoms with van der Waals surface area (Å²) in [6.07, 6.45) is 0.585. The topological polar surface area (TPSA) is 66.8 Å². The molecule has 4 rings (SSSR count). The maximum atomic E-state index is 13.1. The summed E-state index contributed by atoms with van der Waals surface area (Å²) in [5.74, 6) is -0.890. The van der Waals surface area contributed by atoms with Crippen molar-refractivity contribution in [3.05, 3.63) is 106 Å². The van der Waals surface area contributed by atoms with E-state index in [4.69, 9.17) is 16.3 Å². The molecule has 0 radical (unpaired) electrons. The molecule has 0 saturated carbocycles. The van der Waals surface area contributed by atoms with Gasteiger partial charge in [0, 0.05) is 17.1 Å². The first-order valence-electron chi connectivity index (χ1n) is 10.2. The Labute approximate surface area is 191 Å². The zero-order valence-electron chi connectivity index (χ0n) is 17.5. The van der Waals surface area contributed by atoms with E-state index in [2.05, 4.69) is 0 Å². The fraction of sp³-hybridized carbons (Fsp3) is 0.154. The van der Waals surface area contributed by atoms with Gasteiger partial charge in [-0.15, -0.1) is 0 Å². The Morgan fingerprint density at radius 3 is 2.25 bits per heavy atom. The van der Waals surface area contributed by atoms with Crippen molar-refractivity contribution in [1.82, 2.24) is 4.90 Å². The van der Waals surface area contributed by atoms with Gasteiger partial charge in [-0.3, -0.25) is 9.59 Å². The Balaban J connectivity index is 1.77. The molecule has 1 fully saturated rings. The minimum Gasteiger partial charge on any atom is -0.507 e. The molecule has 1 amide bonds. The van der Waals surface area contributed by atoms with Gasteiger partial charge in [-0.25, -0.2) is 0 Å². The van der Waals surface area contributed by atoms with Gasteiger partial charge in [-0.05, 0) is 53.9 Å². The third-order valence-corrected chi connectivity index (χ3v) is 5.83. The second kappa shape index (κ2) is 9.28. The second-order valence-corrected chi connectivity index (χ2v) is 7.94. The van der Waals surface area contributed by atoms with Gasteiger partial charge in [0.15, 0.2) is 0 Å². The highest BCUT2D eigenvalue weighted by molar-refractivity contribution is 6.46. The van der Waals surface area contributed by atoms with Crippen LogP contribution in [0.3, 0.4) is 0 Å². The van der Waals surface area contributed by atoms with Crippen molar-refractivity contribution in [2.24, 2.45) is 0 Å². The third-order valence-electron chi connectivity index (χ3n) is 5.57. The molecular formula is C26H22ClNO4. The van der Waals surface area contributed by atoms with Gasteiger partial charge in [0.1, 0.15) is 11.5 Å². The first-order chi connectivity index (χ1) is 15.5. The van der Waals surface area contributed by atoms with Crippen molar-refractivity contribution in [2.45, 2.75) is 12.5 Å². The average molecular weight is 448 g/mol. The van der Waals surface area contributed by atoms with E-state index in [1.807, 2.05) is 30.3 Å². The number of likely N-dealkylation sites (tertiary alicyclic amines) is 1. The van der Waals surface area contributed by atoms with E-state index in [0.29, 0.717) is 34.9 Å². The Hall–Kier alpha value is -3.57. The van der Waals surface area contributed by atoms with Crippen LogP contribution in [-0.2, 0) is 16.0 Å². The van der Waals surface area contributed by atoms with Gasteiger partial charge >= 0.3 is 0 Å². The maximum Gasteiger partial charge on any atom is 0.295 e. The minimum atomic E-state index is -0.708. The van der Waals surface area contributed by atoms with Crippen molar-refractivity contribution in [3.63, 3.8) is 0 Å². The number of benzene rings is 3. The zero-order chi connectivity index (χ0) is 22.7. The molecule has 32 heavy (non-hydrogen) atoms. The van der Waals surface area contributed by atoms with Gasteiger partial charge in [0.05, 0.1) is 18.7 Å². The predicted molar refractivity (Wildman–Crippen MR) is 124 cm³/mol. The number of aliphatic hydroxyl groups excluding tert-OH is 1. The second-order valence-electron chi connectivity index (χ2n) is 7.51. The standard InChI is InChI=1S/C26H22ClNO4/c1-32-21-13-9-18(10-14-21)23-22(24(29)19-7-11-20(27)12-8-19)25(30)26(31)28(23)16-15-17-5-3-2-4-6-17/h2-14,23,29H,15-16H2,1H3. The van der Waals surface area contributed by atoms with E-state index in [1.54, 1.807) is 55.6 Å². The summed E-state index contributed by atoms with van der Waals surface area (Å²) in [6, 6.07) is 22.7. The number of ketones is 1. The lowest BCUT2D eigenvalue weighted by atomic mass is 9.95. The van der Waals surface area contributed by atoms with Crippen LogP contribution in [0, 0.1) is 0 Å². The maximum absolute atomic E-state index is 13.1. The summed E-state index contributed by atoms with van der Waals surface area (Å²) in [7, 11) is 1.57. The molecule has 1 saturated heterocycles. The molecule has 3 aromatic rings. The smallest absolute Gasteiger partial charge is 0.295 e. The molecule has 1 N–H and O–H groups in total. The van der Waals surface area contributed by atoms with Crippen molar-refractivity contribution >= 4 is 29.1 Å². The van der Waals surface area contributed by atoms with E-state index >= 15 is 0 Å². The van der Waals surface area contributed by atoms with Crippen molar-refractivity contribution in [3.8, 4) is 5.75 Å². The van der Waals surface area contributed by atoms with Crippen LogP contribution in [0.1, 0.15) is 22.7 Å². The Bertz CT molecular complexity index is 1150. The number of amides is 1. The molecule has 1 heterocycles. The summed E-state index contributed by atoms with van der Waals surface area (Å²) < 4.78 is 5.24. The van der Waals surface area contributed by atoms with E-state index in [9.17, 15) is 14.7 Å². The molecule has 6 heteroatoms. The molecule has 1 aliphatic rings. The summed E-state index contributed by atoms with van der Waals surface area (Å²) in [5, 5.41) is 11.6. The van der Waals surface area contributed by atoms with Gasteiger partial charge in [0.2, 0.25) is 0 Å². The molecule has 0 aromatic heterocycles. The van der Waals surface area contributed by atoms with Crippen LogP contribution in [0.5, 0.6) is 5.75 Å². The fourth-order valence-corrected chi connectivity index (χ4v) is 4.03. The molecule has 1 aliphatic heterocycles. The minimum absolute atomic E-state index is 0.0653. The Morgan fingerprint density at radius 2 is 1.62 bits per heavy atom. The highest BCUT2D eigenvalue weighted by atomic mass is 35.5. The van der Waals surface area contributed by atoms with Gasteiger partial charge in [-0.1, -0.05) is 54.1 Å². The molecule has 1 atom stereocenters. The molecule has 1 unspecified atom stereocenters. The number of nitrogens with zero attached hydrogens (tertiary/aromatic N) is 1. The highest BCUT2D eigenvalue weighted by Gasteiger charge is 2.45. The van der Waals surface area contributed by atoms with Crippen LogP contribution in [0.25, 0.3) is 5.76 Å². The van der Waals surface area contributed by atoms with Crippen LogP contribution < -0.4 is 4.74 Å². The average Bonchev–Trinajstić information content (AvgIpc) is 3.08. The van der Waals surface area contributed by atoms with E-state index < -0.39 is 17.7 Å². The van der Waals surface area contributed by atoms with Crippen LogP contribution in [0.15, 0.2) is 84.4 Å². The Kier molecular flexibility index (Phi) is 6.28. The van der Waals surface area contributed by atoms with Crippen LogP contribution >= 0.6 is 11.6 Å². The number of aliphatic hydroxyl groups is 1. The Morgan fingerprint density at radius 1 is 0.969 bits per heavy atom. The molecule has 3 aromatic carbocycles. The lowest BCUT2D eigenvalue weighted by Crippen LogP contribution is -2.31. The lowest BCUT2D eigenvalue weighted by molar-refractivity contribution is -0.139. The number of carbonyl (C=O) groups is 2. The third kappa shape index (κ3) is 4.25. The molecular weight excluding hydrogens is 426 g/mol. The summed E-state index contributed by atoms with van der Waals surface area (Å²) in [6.45, 7) is 0.336. The first-order valence-corrected chi connectivity index (χ1v) is 10.6. The first kappa shape index (κ1) is 21.7. The van der Waals surface area contributed by atoms with E-state index in [0.717, 1.165) is 5.56 Å². The number of Topliss-reactive ketones (excluding diaryl/α,β-unsaturated/α-hetero) is 1. The van der Waals surface area contributed by atoms with Gasteiger partial charge in [-0.2, -0.15) is 0 Å². The number of ether oxygens (including phenoxy) is 1. The lowest BCUT2D eigenvalue weighted by Gasteiger charge is -2.25. The normalized spacial score (nSPS) is 17.6. The summed E-state index contributed by atoms with van der Waals surface area (Å²) in [4.78, 5) is 27.6. The summed E-state index contributed by atoms with van der Waals surface area (Å²) in [5.41, 5.74) is 2.26. The van der Waals surface area contributed by atoms with Crippen LogP contribution in [0.4, 0.5) is 0 Å².